The van der Waals surface area contributed by atoms with Crippen LogP contribution in [-0.4, -0.2) is 31.6 Å². The molecule has 1 aliphatic rings. The highest BCUT2D eigenvalue weighted by atomic mass is 32.2. The Kier molecular flexibility index (Phi) is 6.60. The summed E-state index contributed by atoms with van der Waals surface area (Å²) in [5.41, 5.74) is 0.967. The maximum absolute atomic E-state index is 14.1. The molecular formula is C24H25FN2O6S. The number of aromatic carboxylic acids is 1. The Balaban J connectivity index is 1.53. The van der Waals surface area contributed by atoms with E-state index in [9.17, 15) is 17.6 Å². The molecular weight excluding hydrogens is 463 g/mol. The number of oxazole rings is 1. The second-order valence-corrected chi connectivity index (χ2v) is 10.1. The predicted octanol–water partition coefficient (Wildman–Crippen LogP) is 5.28. The van der Waals surface area contributed by atoms with Crippen molar-refractivity contribution in [2.45, 2.75) is 43.6 Å². The fourth-order valence-electron chi connectivity index (χ4n) is 4.17. The highest BCUT2D eigenvalue weighted by Crippen LogP contribution is 2.36. The average Bonchev–Trinajstić information content (AvgIpc) is 3.31. The summed E-state index contributed by atoms with van der Waals surface area (Å²) < 4.78 is 52.3. The third kappa shape index (κ3) is 4.91. The molecule has 0 saturated heterocycles. The normalized spacial score (nSPS) is 18.4. The number of methoxy groups -OCH3 is 1. The summed E-state index contributed by atoms with van der Waals surface area (Å²) in [6.45, 7) is 2.28. The van der Waals surface area contributed by atoms with Crippen LogP contribution in [-0.2, 0) is 10.0 Å². The van der Waals surface area contributed by atoms with E-state index in [1.165, 1.54) is 25.5 Å². The zero-order valence-corrected chi connectivity index (χ0v) is 19.6. The molecule has 1 fully saturated rings. The SMILES string of the molecule is COc1cc(C(=O)O)c(F)cc1NS(=O)(=O)c1coc(-c2ccc([C@H]3CC[C@@H](C)CC3)cc2)n1. The Labute approximate surface area is 196 Å². The Morgan fingerprint density at radius 1 is 1.18 bits per heavy atom. The molecule has 10 heteroatoms. The number of halogens is 1. The molecule has 1 heterocycles. The van der Waals surface area contributed by atoms with Crippen molar-refractivity contribution in [1.29, 1.82) is 0 Å². The van der Waals surface area contributed by atoms with E-state index in [1.54, 1.807) is 0 Å². The van der Waals surface area contributed by atoms with Gasteiger partial charge < -0.3 is 14.3 Å². The summed E-state index contributed by atoms with van der Waals surface area (Å²) in [6, 6.07) is 9.39. The summed E-state index contributed by atoms with van der Waals surface area (Å²) in [5.74, 6) is -1.35. The standard InChI is InChI=1S/C24H25FN2O6S/c1-14-3-5-15(6-4-14)16-7-9-17(10-8-16)23-26-22(13-33-23)34(30,31)27-20-12-19(25)18(24(28)29)11-21(20)32-2/h7-15,27H,3-6H2,1-2H3,(H,28,29)/t14-,15+. The first kappa shape index (κ1) is 23.7. The lowest BCUT2D eigenvalue weighted by molar-refractivity contribution is 0.0691. The van der Waals surface area contributed by atoms with E-state index in [0.29, 0.717) is 11.5 Å². The zero-order valence-electron chi connectivity index (χ0n) is 18.7. The van der Waals surface area contributed by atoms with Crippen LogP contribution in [0.4, 0.5) is 10.1 Å². The molecule has 0 amide bonds. The van der Waals surface area contributed by atoms with Crippen molar-refractivity contribution in [3.8, 4) is 17.2 Å². The van der Waals surface area contributed by atoms with Gasteiger partial charge in [-0.2, -0.15) is 13.4 Å². The van der Waals surface area contributed by atoms with Gasteiger partial charge in [-0.3, -0.25) is 4.72 Å². The van der Waals surface area contributed by atoms with Gasteiger partial charge in [0.05, 0.1) is 18.4 Å². The lowest BCUT2D eigenvalue weighted by atomic mass is 9.79. The number of rotatable bonds is 7. The number of nitrogens with one attached hydrogen (secondary N) is 1. The van der Waals surface area contributed by atoms with Crippen molar-refractivity contribution < 1.29 is 31.9 Å². The van der Waals surface area contributed by atoms with Crippen LogP contribution in [0.2, 0.25) is 0 Å². The largest absolute Gasteiger partial charge is 0.495 e. The summed E-state index contributed by atoms with van der Waals surface area (Å²) in [7, 11) is -3.05. The number of carboxylic acids is 1. The van der Waals surface area contributed by atoms with Gasteiger partial charge in [-0.25, -0.2) is 9.18 Å². The van der Waals surface area contributed by atoms with Crippen molar-refractivity contribution >= 4 is 21.7 Å². The van der Waals surface area contributed by atoms with Gasteiger partial charge in [0.15, 0.2) is 0 Å². The van der Waals surface area contributed by atoms with Crippen molar-refractivity contribution in [3.05, 3.63) is 59.6 Å². The number of carboxylic acid groups (broad SMARTS) is 1. The van der Waals surface area contributed by atoms with Crippen LogP contribution in [0.25, 0.3) is 11.5 Å². The van der Waals surface area contributed by atoms with Crippen molar-refractivity contribution in [3.63, 3.8) is 0 Å². The van der Waals surface area contributed by atoms with Crippen molar-refractivity contribution in [2.75, 3.05) is 11.8 Å². The molecule has 0 radical (unpaired) electrons. The van der Waals surface area contributed by atoms with Crippen molar-refractivity contribution in [2.24, 2.45) is 5.92 Å². The number of benzene rings is 2. The first-order valence-corrected chi connectivity index (χ1v) is 12.4. The molecule has 1 aromatic heterocycles. The lowest BCUT2D eigenvalue weighted by Gasteiger charge is -2.26. The summed E-state index contributed by atoms with van der Waals surface area (Å²) in [6.07, 6.45) is 5.74. The molecule has 3 aromatic rings. The molecule has 180 valence electrons. The summed E-state index contributed by atoms with van der Waals surface area (Å²) in [5, 5.41) is 8.64. The molecule has 0 atom stereocenters. The van der Waals surface area contributed by atoms with E-state index in [4.69, 9.17) is 14.3 Å². The van der Waals surface area contributed by atoms with Crippen molar-refractivity contribution in [1.82, 2.24) is 4.98 Å². The highest BCUT2D eigenvalue weighted by Gasteiger charge is 2.24. The van der Waals surface area contributed by atoms with Gasteiger partial charge in [0, 0.05) is 11.6 Å². The van der Waals surface area contributed by atoms with E-state index in [-0.39, 0.29) is 17.3 Å². The van der Waals surface area contributed by atoms with E-state index in [2.05, 4.69) is 16.6 Å². The first-order valence-electron chi connectivity index (χ1n) is 10.9. The average molecular weight is 489 g/mol. The van der Waals surface area contributed by atoms with Crippen LogP contribution >= 0.6 is 0 Å². The number of hydrogen-bond donors (Lipinski definition) is 2. The number of carbonyl (C=O) groups is 1. The van der Waals surface area contributed by atoms with Crippen LogP contribution in [0, 0.1) is 11.7 Å². The Hall–Kier alpha value is -3.40. The highest BCUT2D eigenvalue weighted by molar-refractivity contribution is 7.92. The molecule has 0 bridgehead atoms. The summed E-state index contributed by atoms with van der Waals surface area (Å²) >= 11 is 0. The Morgan fingerprint density at radius 2 is 1.85 bits per heavy atom. The Bertz CT molecular complexity index is 1300. The molecule has 1 saturated carbocycles. The molecule has 2 aromatic carbocycles. The molecule has 8 nitrogen and oxygen atoms in total. The maximum Gasteiger partial charge on any atom is 0.338 e. The van der Waals surface area contributed by atoms with Crippen LogP contribution in [0.1, 0.15) is 54.4 Å². The monoisotopic (exact) mass is 488 g/mol. The fourth-order valence-corrected chi connectivity index (χ4v) is 5.10. The third-order valence-electron chi connectivity index (χ3n) is 6.17. The third-order valence-corrected chi connectivity index (χ3v) is 7.39. The molecule has 4 rings (SSSR count). The number of sulfonamides is 1. The number of ether oxygens (including phenoxy) is 1. The van der Waals surface area contributed by atoms with Gasteiger partial charge in [-0.05, 0) is 48.4 Å². The fraction of sp³-hybridized carbons (Fsp3) is 0.333. The smallest absolute Gasteiger partial charge is 0.338 e. The molecule has 2 N–H and O–H groups in total. The van der Waals surface area contributed by atoms with Crippen LogP contribution in [0.5, 0.6) is 5.75 Å². The molecule has 0 spiro atoms. The van der Waals surface area contributed by atoms with E-state index in [0.717, 1.165) is 37.2 Å². The van der Waals surface area contributed by atoms with Gasteiger partial charge in [0.1, 0.15) is 17.8 Å². The number of nitrogens with zero attached hydrogens (tertiary/aromatic N) is 1. The first-order chi connectivity index (χ1) is 16.2. The van der Waals surface area contributed by atoms with Gasteiger partial charge in [0.2, 0.25) is 10.9 Å². The number of hydrogen-bond acceptors (Lipinski definition) is 6. The second kappa shape index (κ2) is 9.46. The van der Waals surface area contributed by atoms with Gasteiger partial charge in [-0.1, -0.05) is 31.9 Å². The van der Waals surface area contributed by atoms with E-state index in [1.807, 2.05) is 24.3 Å². The van der Waals surface area contributed by atoms with Crippen LogP contribution < -0.4 is 9.46 Å². The maximum atomic E-state index is 14.1. The van der Waals surface area contributed by atoms with Gasteiger partial charge in [-0.15, -0.1) is 0 Å². The van der Waals surface area contributed by atoms with Crippen LogP contribution in [0.15, 0.2) is 52.1 Å². The quantitative estimate of drug-likeness (QED) is 0.464. The predicted molar refractivity (Wildman–Crippen MR) is 123 cm³/mol. The molecule has 0 aliphatic heterocycles. The molecule has 34 heavy (non-hydrogen) atoms. The van der Waals surface area contributed by atoms with E-state index < -0.39 is 32.4 Å². The zero-order chi connectivity index (χ0) is 24.5. The van der Waals surface area contributed by atoms with Gasteiger partial charge >= 0.3 is 5.97 Å². The minimum atomic E-state index is -4.26. The number of aromatic nitrogens is 1. The second-order valence-electron chi connectivity index (χ2n) is 8.51. The summed E-state index contributed by atoms with van der Waals surface area (Å²) in [4.78, 5) is 15.2. The number of anilines is 1. The molecule has 0 unspecified atom stereocenters. The van der Waals surface area contributed by atoms with Crippen LogP contribution in [0.3, 0.4) is 0 Å². The Morgan fingerprint density at radius 3 is 2.47 bits per heavy atom. The topological polar surface area (TPSA) is 119 Å². The minimum Gasteiger partial charge on any atom is -0.495 e. The molecule has 1 aliphatic carbocycles. The lowest BCUT2D eigenvalue weighted by Crippen LogP contribution is -2.15. The van der Waals surface area contributed by atoms with Gasteiger partial charge in [0.25, 0.3) is 10.0 Å². The van der Waals surface area contributed by atoms with E-state index >= 15 is 0 Å². The minimum absolute atomic E-state index is 0.128.